The minimum Gasteiger partial charge on any atom is -0.314 e. The first-order valence-electron chi connectivity index (χ1n) is 7.06. The first kappa shape index (κ1) is 13.0. The van der Waals surface area contributed by atoms with Gasteiger partial charge in [0.05, 0.1) is 0 Å². The lowest BCUT2D eigenvalue weighted by molar-refractivity contribution is 0.200. The molecule has 0 bridgehead atoms. The summed E-state index contributed by atoms with van der Waals surface area (Å²) < 4.78 is 0. The third-order valence-corrected chi connectivity index (χ3v) is 4.15. The second-order valence-corrected chi connectivity index (χ2v) is 5.06. The fourth-order valence-electron chi connectivity index (χ4n) is 3.24. The lowest BCUT2D eigenvalue weighted by atomic mass is 9.77. The van der Waals surface area contributed by atoms with Crippen LogP contribution in [0, 0.1) is 11.8 Å². The molecule has 0 saturated heterocycles. The Labute approximate surface area is 96.0 Å². The Morgan fingerprint density at radius 1 is 1.00 bits per heavy atom. The van der Waals surface area contributed by atoms with Crippen LogP contribution in [0.3, 0.4) is 0 Å². The summed E-state index contributed by atoms with van der Waals surface area (Å²) in [6, 6.07) is 0.797. The normalized spacial score (nSPS) is 20.8. The highest BCUT2D eigenvalue weighted by atomic mass is 14.9. The highest BCUT2D eigenvalue weighted by Gasteiger charge is 2.27. The molecule has 1 atom stereocenters. The van der Waals surface area contributed by atoms with Gasteiger partial charge in [0.15, 0.2) is 0 Å². The first-order chi connectivity index (χ1) is 7.33. The Morgan fingerprint density at radius 3 is 2.07 bits per heavy atom. The van der Waals surface area contributed by atoms with Gasteiger partial charge in [-0.3, -0.25) is 0 Å². The first-order valence-corrected chi connectivity index (χ1v) is 7.06. The third kappa shape index (κ3) is 3.79. The minimum absolute atomic E-state index is 0.797. The number of hydrogen-bond acceptors (Lipinski definition) is 1. The fourth-order valence-corrected chi connectivity index (χ4v) is 3.24. The Balaban J connectivity index is 2.53. The summed E-state index contributed by atoms with van der Waals surface area (Å²) in [5.41, 5.74) is 0. The van der Waals surface area contributed by atoms with Crippen LogP contribution in [-0.4, -0.2) is 12.6 Å². The summed E-state index contributed by atoms with van der Waals surface area (Å²) in [5.74, 6) is 1.86. The van der Waals surface area contributed by atoms with Gasteiger partial charge in [-0.1, -0.05) is 52.9 Å². The zero-order valence-corrected chi connectivity index (χ0v) is 10.9. The molecule has 0 heterocycles. The van der Waals surface area contributed by atoms with Crippen molar-refractivity contribution < 1.29 is 0 Å². The Hall–Kier alpha value is -0.0400. The molecule has 1 nitrogen and oxygen atoms in total. The van der Waals surface area contributed by atoms with Crippen LogP contribution in [0.2, 0.25) is 0 Å². The second-order valence-electron chi connectivity index (χ2n) is 5.06. The number of hydrogen-bond donors (Lipinski definition) is 1. The van der Waals surface area contributed by atoms with Gasteiger partial charge < -0.3 is 5.32 Å². The van der Waals surface area contributed by atoms with Crippen LogP contribution in [0.1, 0.15) is 65.7 Å². The molecule has 0 radical (unpaired) electrons. The van der Waals surface area contributed by atoms with Crippen molar-refractivity contribution in [2.24, 2.45) is 11.8 Å². The van der Waals surface area contributed by atoms with Crippen LogP contribution >= 0.6 is 0 Å². The summed E-state index contributed by atoms with van der Waals surface area (Å²) in [5, 5.41) is 3.75. The molecule has 0 aliphatic heterocycles. The van der Waals surface area contributed by atoms with Crippen molar-refractivity contribution in [1.29, 1.82) is 0 Å². The average Bonchev–Trinajstić information content (AvgIpc) is 2.30. The van der Waals surface area contributed by atoms with Gasteiger partial charge >= 0.3 is 0 Å². The molecule has 0 aromatic carbocycles. The lowest BCUT2D eigenvalue weighted by Gasteiger charge is -2.36. The van der Waals surface area contributed by atoms with Gasteiger partial charge in [-0.05, 0) is 31.2 Å². The summed E-state index contributed by atoms with van der Waals surface area (Å²) in [6.45, 7) is 8.08. The molecule has 15 heavy (non-hydrogen) atoms. The third-order valence-electron chi connectivity index (χ3n) is 4.15. The van der Waals surface area contributed by atoms with Crippen LogP contribution in [0.25, 0.3) is 0 Å². The number of nitrogens with one attached hydrogen (secondary N) is 1. The molecule has 1 N–H and O–H groups in total. The van der Waals surface area contributed by atoms with E-state index in [2.05, 4.69) is 26.1 Å². The largest absolute Gasteiger partial charge is 0.314 e. The van der Waals surface area contributed by atoms with Crippen molar-refractivity contribution in [2.75, 3.05) is 6.54 Å². The smallest absolute Gasteiger partial charge is 0.0123 e. The van der Waals surface area contributed by atoms with Gasteiger partial charge in [0, 0.05) is 6.04 Å². The van der Waals surface area contributed by atoms with Crippen molar-refractivity contribution in [2.45, 2.75) is 71.8 Å². The van der Waals surface area contributed by atoms with Crippen molar-refractivity contribution in [3.05, 3.63) is 0 Å². The highest BCUT2D eigenvalue weighted by Crippen LogP contribution is 2.31. The zero-order valence-electron chi connectivity index (χ0n) is 10.9. The van der Waals surface area contributed by atoms with Crippen LogP contribution in [-0.2, 0) is 0 Å². The summed E-state index contributed by atoms with van der Waals surface area (Å²) >= 11 is 0. The van der Waals surface area contributed by atoms with Crippen LogP contribution in [0.15, 0.2) is 0 Å². The van der Waals surface area contributed by atoms with Crippen molar-refractivity contribution in [3.8, 4) is 0 Å². The predicted octanol–water partition coefficient (Wildman–Crippen LogP) is 3.98. The van der Waals surface area contributed by atoms with Crippen LogP contribution < -0.4 is 5.32 Å². The average molecular weight is 211 g/mol. The molecule has 1 rings (SSSR count). The topological polar surface area (TPSA) is 12.0 Å². The zero-order chi connectivity index (χ0) is 11.1. The van der Waals surface area contributed by atoms with E-state index in [0.717, 1.165) is 24.4 Å². The van der Waals surface area contributed by atoms with E-state index >= 15 is 0 Å². The van der Waals surface area contributed by atoms with Crippen molar-refractivity contribution >= 4 is 0 Å². The highest BCUT2D eigenvalue weighted by molar-refractivity contribution is 4.83. The van der Waals surface area contributed by atoms with Gasteiger partial charge in [-0.15, -0.1) is 0 Å². The molecule has 1 aliphatic carbocycles. The molecular formula is C14H29N. The van der Waals surface area contributed by atoms with Gasteiger partial charge in [0.2, 0.25) is 0 Å². The Morgan fingerprint density at radius 2 is 1.60 bits per heavy atom. The van der Waals surface area contributed by atoms with Crippen molar-refractivity contribution in [1.82, 2.24) is 5.32 Å². The van der Waals surface area contributed by atoms with Gasteiger partial charge in [0.1, 0.15) is 0 Å². The molecular weight excluding hydrogens is 182 g/mol. The number of rotatable bonds is 6. The molecule has 0 aromatic heterocycles. The predicted molar refractivity (Wildman–Crippen MR) is 68.1 cm³/mol. The van der Waals surface area contributed by atoms with E-state index in [1.165, 1.54) is 44.9 Å². The van der Waals surface area contributed by atoms with Crippen LogP contribution in [0.5, 0.6) is 0 Å². The summed E-state index contributed by atoms with van der Waals surface area (Å²) in [6.07, 6.45) is 10.0. The van der Waals surface area contributed by atoms with Gasteiger partial charge in [-0.25, -0.2) is 0 Å². The van der Waals surface area contributed by atoms with E-state index < -0.39 is 0 Å². The quantitative estimate of drug-likeness (QED) is 0.700. The second kappa shape index (κ2) is 7.27. The van der Waals surface area contributed by atoms with E-state index in [0.29, 0.717) is 0 Å². The van der Waals surface area contributed by atoms with E-state index in [1.807, 2.05) is 0 Å². The van der Waals surface area contributed by atoms with Crippen molar-refractivity contribution in [3.63, 3.8) is 0 Å². The summed E-state index contributed by atoms with van der Waals surface area (Å²) in [4.78, 5) is 0. The van der Waals surface area contributed by atoms with E-state index in [4.69, 9.17) is 0 Å². The van der Waals surface area contributed by atoms with Gasteiger partial charge in [-0.2, -0.15) is 0 Å². The maximum atomic E-state index is 3.75. The Bertz CT molecular complexity index is 145. The molecule has 0 aromatic rings. The van der Waals surface area contributed by atoms with E-state index in [-0.39, 0.29) is 0 Å². The molecule has 1 heteroatoms. The fraction of sp³-hybridized carbons (Fsp3) is 1.00. The van der Waals surface area contributed by atoms with Crippen LogP contribution in [0.4, 0.5) is 0 Å². The molecule has 1 unspecified atom stereocenters. The molecule has 90 valence electrons. The Kier molecular flexibility index (Phi) is 6.31. The molecule has 1 aliphatic rings. The molecule has 0 spiro atoms. The maximum absolute atomic E-state index is 3.75. The monoisotopic (exact) mass is 211 g/mol. The summed E-state index contributed by atoms with van der Waals surface area (Å²) in [7, 11) is 0. The van der Waals surface area contributed by atoms with Gasteiger partial charge in [0.25, 0.3) is 0 Å². The maximum Gasteiger partial charge on any atom is 0.0123 e. The lowest BCUT2D eigenvalue weighted by Crippen LogP contribution is -2.42. The standard InChI is InChI=1S/C14H29N/c1-4-12(5-2)14(15-6-3)13-10-8-7-9-11-13/h12-15H,4-11H2,1-3H3. The molecule has 0 amide bonds. The van der Waals surface area contributed by atoms with E-state index in [1.54, 1.807) is 0 Å². The SMILES string of the molecule is CCNC(C(CC)CC)C1CCCCC1. The molecule has 1 saturated carbocycles. The minimum atomic E-state index is 0.797. The molecule has 1 fully saturated rings. The van der Waals surface area contributed by atoms with E-state index in [9.17, 15) is 0 Å².